The first-order chi connectivity index (χ1) is 14.1. The Balaban J connectivity index is 2.04. The molecule has 0 spiro atoms. The molecule has 0 aliphatic heterocycles. The Morgan fingerprint density at radius 3 is 2.59 bits per heavy atom. The van der Waals surface area contributed by atoms with Crippen molar-refractivity contribution in [2.45, 2.75) is 26.8 Å². The van der Waals surface area contributed by atoms with E-state index in [0.717, 1.165) is 5.75 Å². The number of nitrogens with zero attached hydrogens (tertiary/aromatic N) is 2. The number of thiazole rings is 1. The second-order valence-electron chi connectivity index (χ2n) is 5.98. The van der Waals surface area contributed by atoms with Crippen molar-refractivity contribution in [2.75, 3.05) is 38.8 Å². The van der Waals surface area contributed by atoms with Gasteiger partial charge in [0.05, 0.1) is 20.3 Å². The summed E-state index contributed by atoms with van der Waals surface area (Å²) in [5.41, 5.74) is 0.913. The fourth-order valence-electron chi connectivity index (χ4n) is 2.50. The van der Waals surface area contributed by atoms with E-state index in [1.165, 1.54) is 18.4 Å². The fourth-order valence-corrected chi connectivity index (χ4v) is 3.28. The number of nitrogens with one attached hydrogen (secondary N) is 1. The van der Waals surface area contributed by atoms with Crippen LogP contribution in [0.5, 0.6) is 5.75 Å². The highest BCUT2D eigenvalue weighted by molar-refractivity contribution is 7.09. The Kier molecular flexibility index (Phi) is 9.39. The number of aromatic nitrogens is 1. The van der Waals surface area contributed by atoms with Gasteiger partial charge in [0, 0.05) is 30.8 Å². The summed E-state index contributed by atoms with van der Waals surface area (Å²) in [4.78, 5) is 30.3. The first-order valence-corrected chi connectivity index (χ1v) is 10.3. The number of anilines is 1. The number of esters is 1. The predicted octanol–water partition coefficient (Wildman–Crippen LogP) is 3.79. The van der Waals surface area contributed by atoms with E-state index in [1.807, 2.05) is 26.0 Å². The third kappa shape index (κ3) is 7.35. The summed E-state index contributed by atoms with van der Waals surface area (Å²) in [5.74, 6) is 0.256. The predicted molar refractivity (Wildman–Crippen MR) is 112 cm³/mol. The first-order valence-electron chi connectivity index (χ1n) is 9.46. The smallest absolute Gasteiger partial charge is 0.357 e. The van der Waals surface area contributed by atoms with Crippen molar-refractivity contribution >= 4 is 29.0 Å². The number of carbonyl (C=O) groups excluding carboxylic acids is 2. The number of benzene rings is 1. The van der Waals surface area contributed by atoms with Crippen molar-refractivity contribution in [2.24, 2.45) is 0 Å². The first kappa shape index (κ1) is 22.6. The average Bonchev–Trinajstić information content (AvgIpc) is 3.20. The van der Waals surface area contributed by atoms with Crippen LogP contribution in [0.15, 0.2) is 29.6 Å². The Morgan fingerprint density at radius 2 is 1.93 bits per heavy atom. The molecule has 1 aromatic carbocycles. The molecule has 8 nitrogen and oxygen atoms in total. The van der Waals surface area contributed by atoms with Crippen molar-refractivity contribution in [3.05, 3.63) is 40.3 Å². The molecule has 2 rings (SSSR count). The molecule has 0 radical (unpaired) electrons. The quantitative estimate of drug-likeness (QED) is 0.439. The molecular weight excluding hydrogens is 394 g/mol. The van der Waals surface area contributed by atoms with Gasteiger partial charge >= 0.3 is 12.0 Å². The topological polar surface area (TPSA) is 90.0 Å². The lowest BCUT2D eigenvalue weighted by Crippen LogP contribution is -2.35. The van der Waals surface area contributed by atoms with Gasteiger partial charge in [-0.05, 0) is 44.5 Å². The molecule has 1 heterocycles. The number of urea groups is 1. The summed E-state index contributed by atoms with van der Waals surface area (Å²) in [6.07, 6.45) is 0.694. The number of hydrogen-bond donors (Lipinski definition) is 1. The van der Waals surface area contributed by atoms with Crippen molar-refractivity contribution in [1.82, 2.24) is 9.88 Å². The third-order valence-electron chi connectivity index (χ3n) is 3.90. The molecule has 158 valence electrons. The van der Waals surface area contributed by atoms with E-state index in [2.05, 4.69) is 15.0 Å². The lowest BCUT2D eigenvalue weighted by atomic mass is 10.3. The van der Waals surface area contributed by atoms with Crippen LogP contribution in [-0.4, -0.2) is 55.4 Å². The molecule has 0 fully saturated rings. The maximum Gasteiger partial charge on any atom is 0.357 e. The Labute approximate surface area is 174 Å². The van der Waals surface area contributed by atoms with Crippen molar-refractivity contribution < 1.29 is 23.8 Å². The van der Waals surface area contributed by atoms with Crippen LogP contribution in [0, 0.1) is 0 Å². The van der Waals surface area contributed by atoms with Gasteiger partial charge in [-0.1, -0.05) is 0 Å². The number of amides is 2. The standard InChI is InChI=1S/C20H27N3O5S/c1-4-27-12-6-11-23(13-18-22-17(14-29-18)19(24)26-3)20(25)21-15-7-9-16(10-8-15)28-5-2/h7-10,14H,4-6,11-13H2,1-3H3,(H,21,25). The highest BCUT2D eigenvalue weighted by atomic mass is 32.1. The van der Waals surface area contributed by atoms with Crippen molar-refractivity contribution in [3.63, 3.8) is 0 Å². The van der Waals surface area contributed by atoms with Gasteiger partial charge in [0.2, 0.25) is 0 Å². The molecule has 0 unspecified atom stereocenters. The minimum atomic E-state index is -0.491. The van der Waals surface area contributed by atoms with Gasteiger partial charge in [-0.25, -0.2) is 14.6 Å². The molecule has 0 bridgehead atoms. The van der Waals surface area contributed by atoms with Crippen LogP contribution in [0.1, 0.15) is 35.8 Å². The molecule has 2 amide bonds. The lowest BCUT2D eigenvalue weighted by molar-refractivity contribution is 0.0594. The number of rotatable bonds is 11. The minimum Gasteiger partial charge on any atom is -0.494 e. The van der Waals surface area contributed by atoms with Crippen LogP contribution in [0.3, 0.4) is 0 Å². The summed E-state index contributed by atoms with van der Waals surface area (Å²) in [7, 11) is 1.31. The minimum absolute atomic E-state index is 0.244. The van der Waals surface area contributed by atoms with E-state index in [9.17, 15) is 9.59 Å². The van der Waals surface area contributed by atoms with E-state index in [-0.39, 0.29) is 18.3 Å². The molecule has 2 aromatic rings. The maximum absolute atomic E-state index is 12.8. The van der Waals surface area contributed by atoms with Gasteiger partial charge < -0.3 is 24.4 Å². The molecule has 0 aliphatic carbocycles. The second-order valence-corrected chi connectivity index (χ2v) is 6.92. The summed E-state index contributed by atoms with van der Waals surface area (Å²) in [5, 5.41) is 5.17. The van der Waals surface area contributed by atoms with Gasteiger partial charge in [-0.15, -0.1) is 11.3 Å². The molecule has 0 saturated carbocycles. The number of carbonyl (C=O) groups is 2. The van der Waals surface area contributed by atoms with Gasteiger partial charge in [0.1, 0.15) is 10.8 Å². The van der Waals surface area contributed by atoms with E-state index < -0.39 is 5.97 Å². The van der Waals surface area contributed by atoms with Crippen LogP contribution in [0.2, 0.25) is 0 Å². The number of hydrogen-bond acceptors (Lipinski definition) is 7. The third-order valence-corrected chi connectivity index (χ3v) is 4.73. The maximum atomic E-state index is 12.8. The Morgan fingerprint density at radius 1 is 1.17 bits per heavy atom. The Hall–Kier alpha value is -2.65. The monoisotopic (exact) mass is 421 g/mol. The summed E-state index contributed by atoms with van der Waals surface area (Å²) < 4.78 is 15.5. The Bertz CT molecular complexity index is 779. The van der Waals surface area contributed by atoms with E-state index >= 15 is 0 Å². The summed E-state index contributed by atoms with van der Waals surface area (Å²) in [6, 6.07) is 6.95. The zero-order valence-corrected chi connectivity index (χ0v) is 17.8. The van der Waals surface area contributed by atoms with Gasteiger partial charge in [-0.3, -0.25) is 0 Å². The largest absolute Gasteiger partial charge is 0.494 e. The van der Waals surface area contributed by atoms with E-state index in [0.29, 0.717) is 43.5 Å². The molecular formula is C20H27N3O5S. The molecule has 0 saturated heterocycles. The van der Waals surface area contributed by atoms with Crippen LogP contribution in [0.25, 0.3) is 0 Å². The van der Waals surface area contributed by atoms with Gasteiger partial charge in [0.25, 0.3) is 0 Å². The molecule has 0 aliphatic rings. The highest BCUT2D eigenvalue weighted by Gasteiger charge is 2.18. The van der Waals surface area contributed by atoms with E-state index in [4.69, 9.17) is 9.47 Å². The van der Waals surface area contributed by atoms with Crippen molar-refractivity contribution in [1.29, 1.82) is 0 Å². The molecule has 29 heavy (non-hydrogen) atoms. The molecule has 1 N–H and O–H groups in total. The number of methoxy groups -OCH3 is 1. The normalized spacial score (nSPS) is 10.4. The van der Waals surface area contributed by atoms with Crippen LogP contribution in [-0.2, 0) is 16.0 Å². The number of ether oxygens (including phenoxy) is 3. The molecule has 1 aromatic heterocycles. The zero-order chi connectivity index (χ0) is 21.1. The highest BCUT2D eigenvalue weighted by Crippen LogP contribution is 2.18. The van der Waals surface area contributed by atoms with Crippen molar-refractivity contribution in [3.8, 4) is 5.75 Å². The van der Waals surface area contributed by atoms with Crippen LogP contribution in [0.4, 0.5) is 10.5 Å². The summed E-state index contributed by atoms with van der Waals surface area (Å²) >= 11 is 1.32. The fraction of sp³-hybridized carbons (Fsp3) is 0.450. The van der Waals surface area contributed by atoms with Crippen LogP contribution >= 0.6 is 11.3 Å². The summed E-state index contributed by atoms with van der Waals surface area (Å²) in [6.45, 7) is 6.41. The lowest BCUT2D eigenvalue weighted by Gasteiger charge is -2.22. The molecule has 0 atom stereocenters. The average molecular weight is 422 g/mol. The zero-order valence-electron chi connectivity index (χ0n) is 17.0. The van der Waals surface area contributed by atoms with E-state index in [1.54, 1.807) is 22.4 Å². The van der Waals surface area contributed by atoms with Gasteiger partial charge in [0.15, 0.2) is 5.69 Å². The SMILES string of the molecule is CCOCCCN(Cc1nc(C(=O)OC)cs1)C(=O)Nc1ccc(OCC)cc1. The molecule has 9 heteroatoms. The van der Waals surface area contributed by atoms with Crippen LogP contribution < -0.4 is 10.1 Å². The van der Waals surface area contributed by atoms with Gasteiger partial charge in [-0.2, -0.15) is 0 Å². The second kappa shape index (κ2) is 12.0.